The van der Waals surface area contributed by atoms with Crippen LogP contribution in [0.15, 0.2) is 18.2 Å². The SMILES string of the molecule is COc1ccc(CCNC(=O)N2CC(C)CC(C(=O)O)C2)cc1OC(F)F. The smallest absolute Gasteiger partial charge is 0.387 e. The molecule has 1 heterocycles. The Hall–Kier alpha value is -2.58. The topological polar surface area (TPSA) is 88.1 Å². The first kappa shape index (κ1) is 20.7. The molecule has 1 fully saturated rings. The van der Waals surface area contributed by atoms with E-state index < -0.39 is 18.5 Å². The summed E-state index contributed by atoms with van der Waals surface area (Å²) in [5, 5.41) is 11.9. The Morgan fingerprint density at radius 2 is 2.07 bits per heavy atom. The van der Waals surface area contributed by atoms with Crippen LogP contribution in [-0.2, 0) is 11.2 Å². The number of piperidine rings is 1. The number of ether oxygens (including phenoxy) is 2. The Balaban J connectivity index is 1.90. The van der Waals surface area contributed by atoms with Crippen LogP contribution < -0.4 is 14.8 Å². The van der Waals surface area contributed by atoms with Gasteiger partial charge in [0.1, 0.15) is 0 Å². The van der Waals surface area contributed by atoms with Crippen molar-refractivity contribution in [2.75, 3.05) is 26.7 Å². The van der Waals surface area contributed by atoms with E-state index >= 15 is 0 Å². The standard InChI is InChI=1S/C18H24F2N2O5/c1-11-7-13(16(23)24)10-22(9-11)18(25)21-6-5-12-3-4-14(26-2)15(8-12)27-17(19)20/h3-4,8,11,13,17H,5-7,9-10H2,1-2H3,(H,21,25)(H,23,24). The summed E-state index contributed by atoms with van der Waals surface area (Å²) in [6.07, 6.45) is 0.957. The summed E-state index contributed by atoms with van der Waals surface area (Å²) < 4.78 is 34.4. The van der Waals surface area contributed by atoms with Gasteiger partial charge in [0.15, 0.2) is 11.5 Å². The van der Waals surface area contributed by atoms with E-state index in [1.807, 2.05) is 6.92 Å². The summed E-state index contributed by atoms with van der Waals surface area (Å²) >= 11 is 0. The first-order valence-electron chi connectivity index (χ1n) is 8.67. The zero-order valence-electron chi connectivity index (χ0n) is 15.3. The summed E-state index contributed by atoms with van der Waals surface area (Å²) in [5.41, 5.74) is 0.696. The highest BCUT2D eigenvalue weighted by atomic mass is 19.3. The lowest BCUT2D eigenvalue weighted by Gasteiger charge is -2.34. The molecule has 2 atom stereocenters. The summed E-state index contributed by atoms with van der Waals surface area (Å²) in [6.45, 7) is -0.0819. The second-order valence-electron chi connectivity index (χ2n) is 6.63. The van der Waals surface area contributed by atoms with Gasteiger partial charge in [-0.05, 0) is 36.5 Å². The molecule has 27 heavy (non-hydrogen) atoms. The van der Waals surface area contributed by atoms with E-state index in [9.17, 15) is 23.5 Å². The second-order valence-corrected chi connectivity index (χ2v) is 6.63. The van der Waals surface area contributed by atoms with Crippen molar-refractivity contribution in [2.24, 2.45) is 11.8 Å². The van der Waals surface area contributed by atoms with Gasteiger partial charge in [-0.3, -0.25) is 4.79 Å². The predicted molar refractivity (Wildman–Crippen MR) is 93.2 cm³/mol. The van der Waals surface area contributed by atoms with Crippen LogP contribution in [0.1, 0.15) is 18.9 Å². The van der Waals surface area contributed by atoms with Crippen molar-refractivity contribution in [2.45, 2.75) is 26.4 Å². The maximum Gasteiger partial charge on any atom is 0.387 e. The molecule has 0 spiro atoms. The lowest BCUT2D eigenvalue weighted by Crippen LogP contribution is -2.49. The average Bonchev–Trinajstić information content (AvgIpc) is 2.60. The fourth-order valence-corrected chi connectivity index (χ4v) is 3.19. The minimum Gasteiger partial charge on any atom is -0.493 e. The Kier molecular flexibility index (Phi) is 7.20. The van der Waals surface area contributed by atoms with Crippen molar-refractivity contribution in [3.8, 4) is 11.5 Å². The fraction of sp³-hybridized carbons (Fsp3) is 0.556. The van der Waals surface area contributed by atoms with Crippen LogP contribution in [0.5, 0.6) is 11.5 Å². The average molecular weight is 386 g/mol. The van der Waals surface area contributed by atoms with E-state index in [-0.39, 0.29) is 36.5 Å². The molecule has 0 aromatic heterocycles. The van der Waals surface area contributed by atoms with Crippen molar-refractivity contribution in [1.82, 2.24) is 10.2 Å². The predicted octanol–water partition coefficient (Wildman–Crippen LogP) is 2.59. The Morgan fingerprint density at radius 1 is 1.33 bits per heavy atom. The molecule has 1 aliphatic heterocycles. The summed E-state index contributed by atoms with van der Waals surface area (Å²) in [4.78, 5) is 25.0. The third kappa shape index (κ3) is 5.97. The second kappa shape index (κ2) is 9.38. The van der Waals surface area contributed by atoms with Gasteiger partial charge in [-0.1, -0.05) is 13.0 Å². The van der Waals surface area contributed by atoms with Crippen LogP contribution in [0.2, 0.25) is 0 Å². The molecule has 0 bridgehead atoms. The molecule has 2 unspecified atom stereocenters. The highest BCUT2D eigenvalue weighted by Crippen LogP contribution is 2.29. The van der Waals surface area contributed by atoms with E-state index in [1.165, 1.54) is 24.1 Å². The minimum atomic E-state index is -2.96. The fourth-order valence-electron chi connectivity index (χ4n) is 3.19. The molecule has 0 radical (unpaired) electrons. The van der Waals surface area contributed by atoms with Crippen molar-refractivity contribution >= 4 is 12.0 Å². The van der Waals surface area contributed by atoms with E-state index in [0.29, 0.717) is 24.9 Å². The molecular formula is C18H24F2N2O5. The number of carboxylic acid groups (broad SMARTS) is 1. The van der Waals surface area contributed by atoms with Crippen LogP contribution in [0.4, 0.5) is 13.6 Å². The normalized spacial score (nSPS) is 19.7. The van der Waals surface area contributed by atoms with Gasteiger partial charge in [-0.25, -0.2) is 4.79 Å². The molecule has 1 aromatic carbocycles. The molecule has 2 rings (SSSR count). The van der Waals surface area contributed by atoms with Gasteiger partial charge in [0.25, 0.3) is 0 Å². The maximum absolute atomic E-state index is 12.5. The van der Waals surface area contributed by atoms with Crippen molar-refractivity contribution in [1.29, 1.82) is 0 Å². The molecule has 1 saturated heterocycles. The van der Waals surface area contributed by atoms with Gasteiger partial charge in [0.05, 0.1) is 13.0 Å². The lowest BCUT2D eigenvalue weighted by molar-refractivity contribution is -0.143. The molecule has 7 nitrogen and oxygen atoms in total. The van der Waals surface area contributed by atoms with E-state index in [0.717, 1.165) is 0 Å². The van der Waals surface area contributed by atoms with Gasteiger partial charge in [0.2, 0.25) is 0 Å². The number of urea groups is 1. The number of halogens is 2. The van der Waals surface area contributed by atoms with Crippen molar-refractivity contribution in [3.63, 3.8) is 0 Å². The van der Waals surface area contributed by atoms with Gasteiger partial charge in [0, 0.05) is 19.6 Å². The largest absolute Gasteiger partial charge is 0.493 e. The summed E-state index contributed by atoms with van der Waals surface area (Å²) in [7, 11) is 1.36. The number of carbonyl (C=O) groups is 2. The molecule has 2 amide bonds. The highest BCUT2D eigenvalue weighted by Gasteiger charge is 2.31. The molecule has 2 N–H and O–H groups in total. The number of aliphatic carboxylic acids is 1. The summed E-state index contributed by atoms with van der Waals surface area (Å²) in [6, 6.07) is 4.34. The van der Waals surface area contributed by atoms with Gasteiger partial charge >= 0.3 is 18.6 Å². The zero-order valence-corrected chi connectivity index (χ0v) is 15.3. The molecule has 150 valence electrons. The quantitative estimate of drug-likeness (QED) is 0.752. The van der Waals surface area contributed by atoms with Gasteiger partial charge in [-0.2, -0.15) is 8.78 Å². The van der Waals surface area contributed by atoms with Crippen molar-refractivity contribution in [3.05, 3.63) is 23.8 Å². The third-order valence-electron chi connectivity index (χ3n) is 4.43. The zero-order chi connectivity index (χ0) is 20.0. The number of amides is 2. The molecule has 0 aliphatic carbocycles. The van der Waals surface area contributed by atoms with E-state index in [4.69, 9.17) is 4.74 Å². The van der Waals surface area contributed by atoms with Crippen LogP contribution in [-0.4, -0.2) is 55.4 Å². The maximum atomic E-state index is 12.5. The number of benzene rings is 1. The molecular weight excluding hydrogens is 362 g/mol. The monoisotopic (exact) mass is 386 g/mol. The van der Waals surface area contributed by atoms with Crippen LogP contribution in [0.25, 0.3) is 0 Å². The molecule has 0 saturated carbocycles. The van der Waals surface area contributed by atoms with Crippen LogP contribution in [0, 0.1) is 11.8 Å². The number of methoxy groups -OCH3 is 1. The minimum absolute atomic E-state index is 0.0644. The third-order valence-corrected chi connectivity index (χ3v) is 4.43. The number of hydrogen-bond acceptors (Lipinski definition) is 4. The van der Waals surface area contributed by atoms with Gasteiger partial charge in [-0.15, -0.1) is 0 Å². The number of nitrogens with zero attached hydrogens (tertiary/aromatic N) is 1. The molecule has 9 heteroatoms. The number of alkyl halides is 2. The van der Waals surface area contributed by atoms with E-state index in [2.05, 4.69) is 10.1 Å². The first-order valence-corrected chi connectivity index (χ1v) is 8.67. The lowest BCUT2D eigenvalue weighted by atomic mass is 9.91. The first-order chi connectivity index (χ1) is 12.8. The van der Waals surface area contributed by atoms with Crippen LogP contribution in [0.3, 0.4) is 0 Å². The summed E-state index contributed by atoms with van der Waals surface area (Å²) in [5.74, 6) is -1.21. The van der Waals surface area contributed by atoms with E-state index in [1.54, 1.807) is 6.07 Å². The Labute approximate surface area is 156 Å². The van der Waals surface area contributed by atoms with Gasteiger partial charge < -0.3 is 24.8 Å². The van der Waals surface area contributed by atoms with Crippen LogP contribution >= 0.6 is 0 Å². The number of carbonyl (C=O) groups excluding carboxylic acids is 1. The Morgan fingerprint density at radius 3 is 2.70 bits per heavy atom. The highest BCUT2D eigenvalue weighted by molar-refractivity contribution is 5.76. The number of nitrogens with one attached hydrogen (secondary N) is 1. The molecule has 1 aromatic rings. The number of carboxylic acids is 1. The number of likely N-dealkylation sites (tertiary alicyclic amines) is 1. The van der Waals surface area contributed by atoms with Crippen molar-refractivity contribution < 1.29 is 33.0 Å². The molecule has 1 aliphatic rings. The number of rotatable bonds is 7. The Bertz CT molecular complexity index is 671. The number of hydrogen-bond donors (Lipinski definition) is 2.